The van der Waals surface area contributed by atoms with Gasteiger partial charge in [-0.3, -0.25) is 0 Å². The minimum absolute atomic E-state index is 0.0465. The molecule has 2 aromatic heterocycles. The van der Waals surface area contributed by atoms with E-state index < -0.39 is 5.97 Å². The molecule has 3 rings (SSSR count). The van der Waals surface area contributed by atoms with Crippen molar-refractivity contribution in [2.45, 2.75) is 12.8 Å². The number of carbonyl (C=O) groups is 1. The fourth-order valence-corrected chi connectivity index (χ4v) is 3.16. The zero-order valence-electron chi connectivity index (χ0n) is 11.7. The SMILES string of the molecule is O=C([O-])CCc1ccc(-c2cccs2)n1-c1ccc(F)cc1. The predicted octanol–water partition coefficient (Wildman–Crippen LogP) is 3.03. The van der Waals surface area contributed by atoms with E-state index in [1.165, 1.54) is 12.1 Å². The van der Waals surface area contributed by atoms with Crippen LogP contribution in [0.5, 0.6) is 0 Å². The number of rotatable bonds is 5. The Morgan fingerprint density at radius 3 is 2.55 bits per heavy atom. The van der Waals surface area contributed by atoms with E-state index >= 15 is 0 Å². The number of carbonyl (C=O) groups excluding carboxylic acids is 1. The van der Waals surface area contributed by atoms with E-state index in [0.29, 0.717) is 6.42 Å². The molecule has 0 aliphatic carbocycles. The second kappa shape index (κ2) is 6.15. The van der Waals surface area contributed by atoms with Crippen LogP contribution in [0.3, 0.4) is 0 Å². The van der Waals surface area contributed by atoms with Gasteiger partial charge in [0, 0.05) is 17.4 Å². The third-order valence-corrected chi connectivity index (χ3v) is 4.30. The Balaban J connectivity index is 2.08. The Hall–Kier alpha value is -2.40. The molecule has 2 heterocycles. The molecular formula is C17H13FNO2S-. The molecule has 0 amide bonds. The molecule has 0 bridgehead atoms. The summed E-state index contributed by atoms with van der Waals surface area (Å²) >= 11 is 1.60. The maximum atomic E-state index is 13.2. The van der Waals surface area contributed by atoms with Crippen LogP contribution >= 0.6 is 11.3 Å². The maximum absolute atomic E-state index is 13.2. The fraction of sp³-hybridized carbons (Fsp3) is 0.118. The molecule has 0 radical (unpaired) electrons. The summed E-state index contributed by atoms with van der Waals surface area (Å²) in [5.41, 5.74) is 2.64. The van der Waals surface area contributed by atoms with Gasteiger partial charge in [-0.05, 0) is 60.7 Å². The maximum Gasteiger partial charge on any atom is 0.123 e. The zero-order chi connectivity index (χ0) is 15.5. The lowest BCUT2D eigenvalue weighted by Gasteiger charge is -2.13. The highest BCUT2D eigenvalue weighted by atomic mass is 32.1. The summed E-state index contributed by atoms with van der Waals surface area (Å²) in [7, 11) is 0. The smallest absolute Gasteiger partial charge is 0.123 e. The number of thiophene rings is 1. The molecule has 3 aromatic rings. The molecule has 5 heteroatoms. The topological polar surface area (TPSA) is 45.1 Å². The first-order valence-electron chi connectivity index (χ1n) is 6.85. The van der Waals surface area contributed by atoms with Gasteiger partial charge in [-0.2, -0.15) is 0 Å². The monoisotopic (exact) mass is 314 g/mol. The van der Waals surface area contributed by atoms with E-state index in [4.69, 9.17) is 0 Å². The van der Waals surface area contributed by atoms with Crippen LogP contribution in [0.2, 0.25) is 0 Å². The summed E-state index contributed by atoms with van der Waals surface area (Å²) < 4.78 is 15.1. The van der Waals surface area contributed by atoms with Crippen LogP contribution in [0.25, 0.3) is 16.3 Å². The third-order valence-electron chi connectivity index (χ3n) is 3.41. The molecule has 0 spiro atoms. The number of hydrogen-bond acceptors (Lipinski definition) is 3. The average molecular weight is 314 g/mol. The van der Waals surface area contributed by atoms with E-state index in [0.717, 1.165) is 22.0 Å². The van der Waals surface area contributed by atoms with Crippen molar-refractivity contribution in [2.75, 3.05) is 0 Å². The molecule has 0 atom stereocenters. The minimum Gasteiger partial charge on any atom is -0.550 e. The number of hydrogen-bond donors (Lipinski definition) is 0. The van der Waals surface area contributed by atoms with Crippen molar-refractivity contribution in [3.05, 3.63) is 65.4 Å². The van der Waals surface area contributed by atoms with Crippen LogP contribution in [-0.2, 0) is 11.2 Å². The van der Waals surface area contributed by atoms with E-state index in [1.807, 2.05) is 34.2 Å². The predicted molar refractivity (Wildman–Crippen MR) is 82.4 cm³/mol. The molecule has 3 nitrogen and oxygen atoms in total. The van der Waals surface area contributed by atoms with Gasteiger partial charge in [0.1, 0.15) is 5.82 Å². The molecule has 22 heavy (non-hydrogen) atoms. The lowest BCUT2D eigenvalue weighted by atomic mass is 10.2. The Kier molecular flexibility index (Phi) is 4.06. The molecule has 0 aliphatic heterocycles. The first kappa shape index (κ1) is 14.5. The Labute approximate surface area is 131 Å². The molecular weight excluding hydrogens is 301 g/mol. The van der Waals surface area contributed by atoms with Gasteiger partial charge in [0.15, 0.2) is 0 Å². The largest absolute Gasteiger partial charge is 0.550 e. The van der Waals surface area contributed by atoms with Crippen molar-refractivity contribution in [3.8, 4) is 16.3 Å². The third kappa shape index (κ3) is 2.94. The highest BCUT2D eigenvalue weighted by Crippen LogP contribution is 2.30. The second-order valence-corrected chi connectivity index (χ2v) is 5.82. The Morgan fingerprint density at radius 1 is 1.14 bits per heavy atom. The van der Waals surface area contributed by atoms with E-state index in [-0.39, 0.29) is 12.2 Å². The van der Waals surface area contributed by atoms with Crippen LogP contribution < -0.4 is 5.11 Å². The lowest BCUT2D eigenvalue weighted by molar-refractivity contribution is -0.305. The molecule has 0 saturated carbocycles. The van der Waals surface area contributed by atoms with E-state index in [9.17, 15) is 14.3 Å². The van der Waals surface area contributed by atoms with Crippen LogP contribution in [0, 0.1) is 5.82 Å². The number of carboxylic acids is 1. The number of aliphatic carboxylic acids is 1. The Morgan fingerprint density at radius 2 is 1.91 bits per heavy atom. The lowest BCUT2D eigenvalue weighted by Crippen LogP contribution is -2.22. The van der Waals surface area contributed by atoms with Crippen molar-refractivity contribution >= 4 is 17.3 Å². The normalized spacial score (nSPS) is 10.8. The molecule has 1 aromatic carbocycles. The van der Waals surface area contributed by atoms with Gasteiger partial charge in [0.05, 0.1) is 10.6 Å². The summed E-state index contributed by atoms with van der Waals surface area (Å²) in [6, 6.07) is 14.0. The first-order chi connectivity index (χ1) is 10.6. The minimum atomic E-state index is -1.08. The quantitative estimate of drug-likeness (QED) is 0.726. The van der Waals surface area contributed by atoms with Crippen molar-refractivity contribution in [1.29, 1.82) is 0 Å². The number of aromatic nitrogens is 1. The molecule has 112 valence electrons. The number of carboxylic acid groups (broad SMARTS) is 1. The van der Waals surface area contributed by atoms with Gasteiger partial charge >= 0.3 is 0 Å². The summed E-state index contributed by atoms with van der Waals surface area (Å²) in [6.45, 7) is 0. The van der Waals surface area contributed by atoms with Gasteiger partial charge in [-0.25, -0.2) is 4.39 Å². The van der Waals surface area contributed by atoms with Crippen molar-refractivity contribution in [2.24, 2.45) is 0 Å². The number of aryl methyl sites for hydroxylation is 1. The fourth-order valence-electron chi connectivity index (χ4n) is 2.42. The van der Waals surface area contributed by atoms with E-state index in [1.54, 1.807) is 23.5 Å². The Bertz CT molecular complexity index is 776. The molecule has 0 N–H and O–H groups in total. The van der Waals surface area contributed by atoms with Crippen molar-refractivity contribution in [1.82, 2.24) is 4.57 Å². The highest BCUT2D eigenvalue weighted by Gasteiger charge is 2.12. The van der Waals surface area contributed by atoms with Gasteiger partial charge < -0.3 is 14.5 Å². The zero-order valence-corrected chi connectivity index (χ0v) is 12.5. The molecule has 0 aliphatic rings. The summed E-state index contributed by atoms with van der Waals surface area (Å²) in [5.74, 6) is -1.38. The summed E-state index contributed by atoms with van der Waals surface area (Å²) in [6.07, 6.45) is 0.320. The van der Waals surface area contributed by atoms with Gasteiger partial charge in [0.2, 0.25) is 0 Å². The average Bonchev–Trinajstić information content (AvgIpc) is 3.15. The number of halogens is 1. The number of benzene rings is 1. The van der Waals surface area contributed by atoms with Crippen molar-refractivity contribution in [3.63, 3.8) is 0 Å². The highest BCUT2D eigenvalue weighted by molar-refractivity contribution is 7.13. The van der Waals surface area contributed by atoms with Gasteiger partial charge in [-0.1, -0.05) is 6.07 Å². The van der Waals surface area contributed by atoms with E-state index in [2.05, 4.69) is 0 Å². The standard InChI is InChI=1S/C17H14FNO2S/c18-12-3-5-13(6-4-12)19-14(8-10-17(20)21)7-9-15(19)16-2-1-11-22-16/h1-7,9,11H,8,10H2,(H,20,21)/p-1. The van der Waals surface area contributed by atoms with Crippen LogP contribution in [0.1, 0.15) is 12.1 Å². The first-order valence-corrected chi connectivity index (χ1v) is 7.73. The summed E-state index contributed by atoms with van der Waals surface area (Å²) in [5, 5.41) is 12.7. The number of nitrogens with zero attached hydrogens (tertiary/aromatic N) is 1. The molecule has 0 saturated heterocycles. The molecule has 0 fully saturated rings. The van der Waals surface area contributed by atoms with Crippen LogP contribution in [0.15, 0.2) is 53.9 Å². The van der Waals surface area contributed by atoms with Gasteiger partial charge in [0.25, 0.3) is 0 Å². The second-order valence-electron chi connectivity index (χ2n) is 4.87. The van der Waals surface area contributed by atoms with Crippen molar-refractivity contribution < 1.29 is 14.3 Å². The summed E-state index contributed by atoms with van der Waals surface area (Å²) in [4.78, 5) is 11.8. The van der Waals surface area contributed by atoms with Crippen LogP contribution in [-0.4, -0.2) is 10.5 Å². The molecule has 0 unspecified atom stereocenters. The van der Waals surface area contributed by atoms with Gasteiger partial charge in [-0.15, -0.1) is 11.3 Å². The van der Waals surface area contributed by atoms with Crippen LogP contribution in [0.4, 0.5) is 4.39 Å².